The Kier molecular flexibility index (Phi) is 3.58. The van der Waals surface area contributed by atoms with Crippen LogP contribution in [0, 0.1) is 6.92 Å². The summed E-state index contributed by atoms with van der Waals surface area (Å²) >= 11 is 0. The van der Waals surface area contributed by atoms with Gasteiger partial charge >= 0.3 is 0 Å². The van der Waals surface area contributed by atoms with Crippen LogP contribution in [0.1, 0.15) is 5.56 Å². The van der Waals surface area contributed by atoms with Gasteiger partial charge < -0.3 is 15.2 Å². The van der Waals surface area contributed by atoms with E-state index in [1.807, 2.05) is 25.1 Å². The lowest BCUT2D eigenvalue weighted by molar-refractivity contribution is 0.324. The Morgan fingerprint density at radius 2 is 1.92 bits per heavy atom. The summed E-state index contributed by atoms with van der Waals surface area (Å²) in [5.41, 5.74) is 6.45. The molecule has 0 saturated carbocycles. The number of hydrogen-bond donors (Lipinski definition) is 1. The van der Waals surface area contributed by atoms with E-state index >= 15 is 0 Å². The van der Waals surface area contributed by atoms with Crippen LogP contribution in [0.15, 0.2) is 18.2 Å². The molecule has 3 heteroatoms. The van der Waals surface area contributed by atoms with E-state index in [0.717, 1.165) is 17.1 Å². The summed E-state index contributed by atoms with van der Waals surface area (Å²) in [5.74, 6) is 1.62. The summed E-state index contributed by atoms with van der Waals surface area (Å²) in [5, 5.41) is 0. The standard InChI is InChI=1S/C10H15NO2/c1-8-5-9(12-2)7-10(6-8)13-4-3-11/h5-7H,3-4,11H2,1-2H3. The van der Waals surface area contributed by atoms with E-state index in [9.17, 15) is 0 Å². The lowest BCUT2D eigenvalue weighted by Crippen LogP contribution is -2.10. The smallest absolute Gasteiger partial charge is 0.123 e. The number of hydrogen-bond acceptors (Lipinski definition) is 3. The Hall–Kier alpha value is -1.22. The highest BCUT2D eigenvalue weighted by Crippen LogP contribution is 2.21. The lowest BCUT2D eigenvalue weighted by atomic mass is 10.2. The monoisotopic (exact) mass is 181 g/mol. The van der Waals surface area contributed by atoms with Crippen molar-refractivity contribution in [2.45, 2.75) is 6.92 Å². The van der Waals surface area contributed by atoms with Crippen LogP contribution >= 0.6 is 0 Å². The molecule has 0 aliphatic heterocycles. The van der Waals surface area contributed by atoms with Crippen molar-refractivity contribution in [3.63, 3.8) is 0 Å². The molecular weight excluding hydrogens is 166 g/mol. The SMILES string of the molecule is COc1cc(C)cc(OCCN)c1. The fraction of sp³-hybridized carbons (Fsp3) is 0.400. The number of aryl methyl sites for hydroxylation is 1. The van der Waals surface area contributed by atoms with Crippen molar-refractivity contribution >= 4 is 0 Å². The van der Waals surface area contributed by atoms with E-state index in [4.69, 9.17) is 15.2 Å². The molecule has 0 spiro atoms. The van der Waals surface area contributed by atoms with Crippen molar-refractivity contribution in [1.29, 1.82) is 0 Å². The molecular formula is C10H15NO2. The average molecular weight is 181 g/mol. The van der Waals surface area contributed by atoms with Gasteiger partial charge in [-0.2, -0.15) is 0 Å². The largest absolute Gasteiger partial charge is 0.497 e. The molecule has 0 saturated heterocycles. The van der Waals surface area contributed by atoms with Gasteiger partial charge in [0.25, 0.3) is 0 Å². The zero-order chi connectivity index (χ0) is 9.68. The number of benzene rings is 1. The van der Waals surface area contributed by atoms with Crippen molar-refractivity contribution in [1.82, 2.24) is 0 Å². The molecule has 2 N–H and O–H groups in total. The molecule has 0 bridgehead atoms. The molecule has 72 valence electrons. The molecule has 0 aliphatic rings. The fourth-order valence-electron chi connectivity index (χ4n) is 1.09. The second kappa shape index (κ2) is 4.72. The van der Waals surface area contributed by atoms with Crippen molar-refractivity contribution < 1.29 is 9.47 Å². The van der Waals surface area contributed by atoms with Crippen molar-refractivity contribution in [3.8, 4) is 11.5 Å². The first-order valence-corrected chi connectivity index (χ1v) is 4.25. The van der Waals surface area contributed by atoms with E-state index in [2.05, 4.69) is 0 Å². The van der Waals surface area contributed by atoms with E-state index in [1.165, 1.54) is 0 Å². The highest BCUT2D eigenvalue weighted by molar-refractivity contribution is 5.37. The number of methoxy groups -OCH3 is 1. The number of ether oxygens (including phenoxy) is 2. The van der Waals surface area contributed by atoms with Crippen LogP contribution < -0.4 is 15.2 Å². The van der Waals surface area contributed by atoms with Crippen LogP contribution in [0.2, 0.25) is 0 Å². The third-order valence-corrected chi connectivity index (χ3v) is 1.65. The maximum atomic E-state index is 5.37. The van der Waals surface area contributed by atoms with Crippen molar-refractivity contribution in [2.24, 2.45) is 5.73 Å². The van der Waals surface area contributed by atoms with Crippen LogP contribution in [0.25, 0.3) is 0 Å². The number of nitrogens with two attached hydrogens (primary N) is 1. The molecule has 0 aliphatic carbocycles. The van der Waals surface area contributed by atoms with E-state index < -0.39 is 0 Å². The maximum absolute atomic E-state index is 5.37. The third-order valence-electron chi connectivity index (χ3n) is 1.65. The minimum atomic E-state index is 0.524. The van der Waals surface area contributed by atoms with E-state index in [0.29, 0.717) is 13.2 Å². The summed E-state index contributed by atoms with van der Waals surface area (Å²) in [6.07, 6.45) is 0. The Morgan fingerprint density at radius 3 is 2.54 bits per heavy atom. The Balaban J connectivity index is 2.76. The van der Waals surface area contributed by atoms with Gasteiger partial charge in [-0.1, -0.05) is 0 Å². The minimum absolute atomic E-state index is 0.524. The zero-order valence-electron chi connectivity index (χ0n) is 8.04. The highest BCUT2D eigenvalue weighted by Gasteiger charge is 1.98. The lowest BCUT2D eigenvalue weighted by Gasteiger charge is -2.07. The van der Waals surface area contributed by atoms with Gasteiger partial charge in [-0.15, -0.1) is 0 Å². The van der Waals surface area contributed by atoms with Crippen LogP contribution in [-0.4, -0.2) is 20.3 Å². The summed E-state index contributed by atoms with van der Waals surface area (Å²) in [6.45, 7) is 3.06. The van der Waals surface area contributed by atoms with E-state index in [1.54, 1.807) is 7.11 Å². The van der Waals surface area contributed by atoms with Crippen molar-refractivity contribution in [2.75, 3.05) is 20.3 Å². The Bertz CT molecular complexity index is 274. The molecule has 1 aromatic carbocycles. The summed E-state index contributed by atoms with van der Waals surface area (Å²) < 4.78 is 10.5. The number of rotatable bonds is 4. The first-order chi connectivity index (χ1) is 6.26. The average Bonchev–Trinajstić information content (AvgIpc) is 2.14. The molecule has 13 heavy (non-hydrogen) atoms. The van der Waals surface area contributed by atoms with Gasteiger partial charge in [0.05, 0.1) is 7.11 Å². The molecule has 0 amide bonds. The molecule has 0 unspecified atom stereocenters. The van der Waals surface area contributed by atoms with Crippen LogP contribution in [0.5, 0.6) is 11.5 Å². The van der Waals surface area contributed by atoms with Gasteiger partial charge in [-0.05, 0) is 24.6 Å². The highest BCUT2D eigenvalue weighted by atomic mass is 16.5. The molecule has 0 heterocycles. The second-order valence-corrected chi connectivity index (χ2v) is 2.82. The van der Waals surface area contributed by atoms with Gasteiger partial charge in [0, 0.05) is 12.6 Å². The Labute approximate surface area is 78.5 Å². The third kappa shape index (κ3) is 2.95. The normalized spacial score (nSPS) is 9.77. The summed E-state index contributed by atoms with van der Waals surface area (Å²) in [4.78, 5) is 0. The molecule has 0 radical (unpaired) electrons. The topological polar surface area (TPSA) is 44.5 Å². The maximum Gasteiger partial charge on any atom is 0.123 e. The molecule has 1 aromatic rings. The molecule has 3 nitrogen and oxygen atoms in total. The van der Waals surface area contributed by atoms with Crippen molar-refractivity contribution in [3.05, 3.63) is 23.8 Å². The van der Waals surface area contributed by atoms with Crippen LogP contribution in [0.4, 0.5) is 0 Å². The Morgan fingerprint density at radius 1 is 1.23 bits per heavy atom. The summed E-state index contributed by atoms with van der Waals surface area (Å²) in [6, 6.07) is 5.76. The molecule has 1 rings (SSSR count). The first-order valence-electron chi connectivity index (χ1n) is 4.25. The predicted octanol–water partition coefficient (Wildman–Crippen LogP) is 1.34. The minimum Gasteiger partial charge on any atom is -0.497 e. The van der Waals surface area contributed by atoms with Gasteiger partial charge in [0.15, 0.2) is 0 Å². The van der Waals surface area contributed by atoms with E-state index in [-0.39, 0.29) is 0 Å². The van der Waals surface area contributed by atoms with Crippen LogP contribution in [0.3, 0.4) is 0 Å². The van der Waals surface area contributed by atoms with Crippen LogP contribution in [-0.2, 0) is 0 Å². The molecule has 0 atom stereocenters. The quantitative estimate of drug-likeness (QED) is 0.762. The molecule has 0 fully saturated rings. The second-order valence-electron chi connectivity index (χ2n) is 2.82. The summed E-state index contributed by atoms with van der Waals surface area (Å²) in [7, 11) is 1.64. The van der Waals surface area contributed by atoms with Gasteiger partial charge in [-0.25, -0.2) is 0 Å². The predicted molar refractivity (Wildman–Crippen MR) is 52.3 cm³/mol. The fourth-order valence-corrected chi connectivity index (χ4v) is 1.09. The molecule has 0 aromatic heterocycles. The van der Waals surface area contributed by atoms with Gasteiger partial charge in [0.2, 0.25) is 0 Å². The van der Waals surface area contributed by atoms with Gasteiger partial charge in [0.1, 0.15) is 18.1 Å². The zero-order valence-corrected chi connectivity index (χ0v) is 8.04. The first kappa shape index (κ1) is 9.86. The van der Waals surface area contributed by atoms with Gasteiger partial charge in [-0.3, -0.25) is 0 Å².